The lowest BCUT2D eigenvalue weighted by Crippen LogP contribution is -2.35. The predicted octanol–water partition coefficient (Wildman–Crippen LogP) is 2.58. The van der Waals surface area contributed by atoms with Crippen molar-refractivity contribution in [1.29, 1.82) is 0 Å². The summed E-state index contributed by atoms with van der Waals surface area (Å²) in [7, 11) is 1.50. The van der Waals surface area contributed by atoms with Gasteiger partial charge in [0.1, 0.15) is 11.0 Å². The summed E-state index contributed by atoms with van der Waals surface area (Å²) in [6.07, 6.45) is 1.35. The van der Waals surface area contributed by atoms with E-state index in [1.165, 1.54) is 54.5 Å². The van der Waals surface area contributed by atoms with Gasteiger partial charge < -0.3 is 10.2 Å². The zero-order chi connectivity index (χ0) is 16.1. The number of likely N-dealkylation sites (N-methyl/N-ethyl adjacent to an activating group) is 1. The van der Waals surface area contributed by atoms with Crippen molar-refractivity contribution >= 4 is 29.1 Å². The first-order chi connectivity index (χ1) is 10.5. The quantitative estimate of drug-likeness (QED) is 0.880. The van der Waals surface area contributed by atoms with E-state index in [1.54, 1.807) is 0 Å². The molecule has 22 heavy (non-hydrogen) atoms. The smallest absolute Gasteiger partial charge is 0.255 e. The molecule has 0 radical (unpaired) electrons. The third-order valence-corrected chi connectivity index (χ3v) is 3.05. The van der Waals surface area contributed by atoms with Gasteiger partial charge in [-0.15, -0.1) is 0 Å². The molecule has 1 N–H and O–H groups in total. The van der Waals surface area contributed by atoms with E-state index in [4.69, 9.17) is 11.6 Å². The molecule has 0 fully saturated rings. The number of hydrogen-bond acceptors (Lipinski definition) is 3. The minimum atomic E-state index is -0.388. The first-order valence-electron chi connectivity index (χ1n) is 6.38. The van der Waals surface area contributed by atoms with Crippen molar-refractivity contribution in [2.45, 2.75) is 0 Å². The topological polar surface area (TPSA) is 62.3 Å². The Bertz CT molecular complexity index is 674. The van der Waals surface area contributed by atoms with E-state index in [-0.39, 0.29) is 29.3 Å². The van der Waals surface area contributed by atoms with Crippen LogP contribution in [-0.2, 0) is 4.79 Å². The first-order valence-corrected chi connectivity index (χ1v) is 6.76. The summed E-state index contributed by atoms with van der Waals surface area (Å²) >= 11 is 5.65. The highest BCUT2D eigenvalue weighted by Gasteiger charge is 2.15. The third kappa shape index (κ3) is 4.26. The number of pyridine rings is 1. The molecule has 1 aromatic carbocycles. The molecule has 0 saturated heterocycles. The molecule has 0 aliphatic rings. The van der Waals surface area contributed by atoms with Gasteiger partial charge in [-0.25, -0.2) is 9.37 Å². The number of benzene rings is 1. The van der Waals surface area contributed by atoms with Crippen LogP contribution in [0, 0.1) is 5.82 Å². The van der Waals surface area contributed by atoms with Crippen molar-refractivity contribution in [3.63, 3.8) is 0 Å². The van der Waals surface area contributed by atoms with Crippen LogP contribution in [-0.4, -0.2) is 35.3 Å². The Morgan fingerprint density at radius 1 is 1.23 bits per heavy atom. The van der Waals surface area contributed by atoms with E-state index >= 15 is 0 Å². The van der Waals surface area contributed by atoms with Crippen LogP contribution in [0.25, 0.3) is 0 Å². The fourth-order valence-corrected chi connectivity index (χ4v) is 1.86. The van der Waals surface area contributed by atoms with Gasteiger partial charge >= 0.3 is 0 Å². The van der Waals surface area contributed by atoms with E-state index in [1.807, 2.05) is 0 Å². The minimum Gasteiger partial charge on any atom is -0.332 e. The summed E-state index contributed by atoms with van der Waals surface area (Å²) in [6, 6.07) is 8.40. The molecule has 0 spiro atoms. The highest BCUT2D eigenvalue weighted by molar-refractivity contribution is 6.29. The molecule has 114 valence electrons. The molecule has 7 heteroatoms. The molecule has 2 aromatic rings. The SMILES string of the molecule is CN(CC(=O)Nc1ccc(F)cc1)C(=O)c1ccc(Cl)nc1. The van der Waals surface area contributed by atoms with Crippen molar-refractivity contribution in [3.05, 3.63) is 59.1 Å². The average Bonchev–Trinajstić information content (AvgIpc) is 2.49. The van der Waals surface area contributed by atoms with Gasteiger partial charge in [0.15, 0.2) is 0 Å². The van der Waals surface area contributed by atoms with Gasteiger partial charge in [-0.1, -0.05) is 11.6 Å². The summed E-state index contributed by atoms with van der Waals surface area (Å²) in [6.45, 7) is -0.140. The number of carbonyl (C=O) groups is 2. The number of amides is 2. The lowest BCUT2D eigenvalue weighted by molar-refractivity contribution is -0.116. The fraction of sp³-hybridized carbons (Fsp3) is 0.133. The highest BCUT2D eigenvalue weighted by atomic mass is 35.5. The molecule has 0 aliphatic carbocycles. The van der Waals surface area contributed by atoms with Crippen LogP contribution in [0.1, 0.15) is 10.4 Å². The van der Waals surface area contributed by atoms with Crippen LogP contribution in [0.15, 0.2) is 42.6 Å². The van der Waals surface area contributed by atoms with Crippen LogP contribution in [0.2, 0.25) is 5.15 Å². The minimum absolute atomic E-state index is 0.140. The van der Waals surface area contributed by atoms with E-state index in [9.17, 15) is 14.0 Å². The van der Waals surface area contributed by atoms with Gasteiger partial charge in [-0.05, 0) is 36.4 Å². The second-order valence-corrected chi connectivity index (χ2v) is 4.97. The zero-order valence-corrected chi connectivity index (χ0v) is 12.5. The Kier molecular flexibility index (Phi) is 5.06. The van der Waals surface area contributed by atoms with E-state index < -0.39 is 0 Å². The monoisotopic (exact) mass is 321 g/mol. The summed E-state index contributed by atoms with van der Waals surface area (Å²) in [4.78, 5) is 29.0. The average molecular weight is 322 g/mol. The second-order valence-electron chi connectivity index (χ2n) is 4.59. The summed E-state index contributed by atoms with van der Waals surface area (Å²) in [5.41, 5.74) is 0.793. The summed E-state index contributed by atoms with van der Waals surface area (Å²) in [5, 5.41) is 2.86. The highest BCUT2D eigenvalue weighted by Crippen LogP contribution is 2.09. The molecule has 0 aliphatic heterocycles. The molecular weight excluding hydrogens is 309 g/mol. The predicted molar refractivity (Wildman–Crippen MR) is 81.2 cm³/mol. The zero-order valence-electron chi connectivity index (χ0n) is 11.7. The number of nitrogens with one attached hydrogen (secondary N) is 1. The van der Waals surface area contributed by atoms with Gasteiger partial charge in [-0.2, -0.15) is 0 Å². The normalized spacial score (nSPS) is 10.1. The van der Waals surface area contributed by atoms with Gasteiger partial charge in [0.25, 0.3) is 5.91 Å². The largest absolute Gasteiger partial charge is 0.332 e. The van der Waals surface area contributed by atoms with Crippen LogP contribution in [0.3, 0.4) is 0 Å². The Morgan fingerprint density at radius 3 is 2.50 bits per heavy atom. The maximum absolute atomic E-state index is 12.8. The number of carbonyl (C=O) groups excluding carboxylic acids is 2. The third-order valence-electron chi connectivity index (χ3n) is 2.83. The molecule has 0 bridgehead atoms. The number of halogens is 2. The van der Waals surface area contributed by atoms with Crippen molar-refractivity contribution in [2.75, 3.05) is 18.9 Å². The van der Waals surface area contributed by atoms with Gasteiger partial charge in [0.2, 0.25) is 5.91 Å². The van der Waals surface area contributed by atoms with Gasteiger partial charge in [0.05, 0.1) is 12.1 Å². The molecule has 0 atom stereocenters. The van der Waals surface area contributed by atoms with Gasteiger partial charge in [0, 0.05) is 18.9 Å². The van der Waals surface area contributed by atoms with Crippen molar-refractivity contribution < 1.29 is 14.0 Å². The Morgan fingerprint density at radius 2 is 1.91 bits per heavy atom. The number of anilines is 1. The maximum atomic E-state index is 12.8. The number of hydrogen-bond donors (Lipinski definition) is 1. The molecule has 0 unspecified atom stereocenters. The molecule has 2 amide bonds. The van der Waals surface area contributed by atoms with E-state index in [2.05, 4.69) is 10.3 Å². The number of aromatic nitrogens is 1. The number of rotatable bonds is 4. The molecule has 1 aromatic heterocycles. The van der Waals surface area contributed by atoms with E-state index in [0.717, 1.165) is 0 Å². The van der Waals surface area contributed by atoms with Crippen molar-refractivity contribution in [3.8, 4) is 0 Å². The van der Waals surface area contributed by atoms with Crippen LogP contribution < -0.4 is 5.32 Å². The van der Waals surface area contributed by atoms with Crippen LogP contribution >= 0.6 is 11.6 Å². The lowest BCUT2D eigenvalue weighted by atomic mass is 10.2. The maximum Gasteiger partial charge on any atom is 0.255 e. The van der Waals surface area contributed by atoms with Crippen LogP contribution in [0.5, 0.6) is 0 Å². The molecular formula is C15H13ClFN3O2. The van der Waals surface area contributed by atoms with Crippen molar-refractivity contribution in [1.82, 2.24) is 9.88 Å². The fourth-order valence-electron chi connectivity index (χ4n) is 1.74. The second kappa shape index (κ2) is 7.00. The molecule has 1 heterocycles. The lowest BCUT2D eigenvalue weighted by Gasteiger charge is -2.16. The van der Waals surface area contributed by atoms with E-state index in [0.29, 0.717) is 11.3 Å². The Labute approximate surface area is 131 Å². The first kappa shape index (κ1) is 15.9. The molecule has 2 rings (SSSR count). The van der Waals surface area contributed by atoms with Gasteiger partial charge in [-0.3, -0.25) is 9.59 Å². The summed E-state index contributed by atoms with van der Waals surface area (Å²) in [5.74, 6) is -1.12. The molecule has 0 saturated carbocycles. The summed E-state index contributed by atoms with van der Waals surface area (Å²) < 4.78 is 12.8. The van der Waals surface area contributed by atoms with Crippen molar-refractivity contribution in [2.24, 2.45) is 0 Å². The Hall–Kier alpha value is -2.47. The number of nitrogens with zero attached hydrogens (tertiary/aromatic N) is 2. The Balaban J connectivity index is 1.94. The molecule has 5 nitrogen and oxygen atoms in total. The standard InChI is InChI=1S/C15H13ClFN3O2/c1-20(15(22)10-2-7-13(16)18-8-10)9-14(21)19-12-5-3-11(17)4-6-12/h2-8H,9H2,1H3,(H,19,21). The van der Waals surface area contributed by atoms with Crippen LogP contribution in [0.4, 0.5) is 10.1 Å².